The van der Waals surface area contributed by atoms with E-state index in [0.717, 1.165) is 43.3 Å². The number of aldehydes is 1. The number of fused-ring (bicyclic) bond motifs is 1. The number of carbonyl (C=O) groups excluding carboxylic acids is 1. The monoisotopic (exact) mass is 449 g/mol. The van der Waals surface area contributed by atoms with E-state index in [9.17, 15) is 4.79 Å². The minimum atomic E-state index is 0.246. The smallest absolute Gasteiger partial charge is 0.258 e. The van der Waals surface area contributed by atoms with Crippen molar-refractivity contribution in [1.29, 1.82) is 0 Å². The molecular formula is C29H27N3O2. The molecule has 0 radical (unpaired) electrons. The highest BCUT2D eigenvalue weighted by Crippen LogP contribution is 2.37. The molecule has 4 aromatic rings. The van der Waals surface area contributed by atoms with E-state index in [1.807, 2.05) is 6.07 Å². The normalized spacial score (nSPS) is 19.6. The molecule has 1 aliphatic heterocycles. The fourth-order valence-electron chi connectivity index (χ4n) is 5.46. The molecule has 1 aliphatic carbocycles. The number of aromatic nitrogens is 2. The maximum Gasteiger partial charge on any atom is 0.258 e. The van der Waals surface area contributed by atoms with Crippen LogP contribution in [0.1, 0.15) is 35.1 Å². The molecule has 0 atom stereocenters. The van der Waals surface area contributed by atoms with Crippen molar-refractivity contribution in [2.75, 3.05) is 0 Å². The molecule has 0 N–H and O–H groups in total. The van der Waals surface area contributed by atoms with E-state index < -0.39 is 0 Å². The first-order chi connectivity index (χ1) is 16.6. The number of carbonyl (C=O) groups is 1. The van der Waals surface area contributed by atoms with Crippen LogP contribution < -0.4 is 0 Å². The van der Waals surface area contributed by atoms with Gasteiger partial charge in [0.1, 0.15) is 6.29 Å². The molecule has 2 heterocycles. The SMILES string of the molecule is Cc1cc(-c2nc(-c3ccc4c(c3)CN([C@H]3C[C@H](C=O)C3)C4)no2)cc(C)c1-c1ccccc1. The zero-order valence-electron chi connectivity index (χ0n) is 19.5. The van der Waals surface area contributed by atoms with Gasteiger partial charge in [-0.3, -0.25) is 4.90 Å². The molecule has 0 unspecified atom stereocenters. The van der Waals surface area contributed by atoms with Gasteiger partial charge in [-0.2, -0.15) is 4.98 Å². The van der Waals surface area contributed by atoms with Gasteiger partial charge in [-0.1, -0.05) is 47.6 Å². The average Bonchev–Trinajstić information content (AvgIpc) is 3.45. The van der Waals surface area contributed by atoms with E-state index >= 15 is 0 Å². The number of hydrogen-bond acceptors (Lipinski definition) is 5. The molecule has 0 amide bonds. The van der Waals surface area contributed by atoms with Gasteiger partial charge in [-0.15, -0.1) is 0 Å². The van der Waals surface area contributed by atoms with E-state index in [2.05, 4.69) is 78.5 Å². The molecule has 1 aromatic heterocycles. The predicted octanol–water partition coefficient (Wildman–Crippen LogP) is 5.98. The molecule has 5 nitrogen and oxygen atoms in total. The maximum atomic E-state index is 10.9. The zero-order chi connectivity index (χ0) is 23.2. The molecular weight excluding hydrogens is 422 g/mol. The summed E-state index contributed by atoms with van der Waals surface area (Å²) in [7, 11) is 0. The van der Waals surface area contributed by atoms with E-state index in [-0.39, 0.29) is 5.92 Å². The van der Waals surface area contributed by atoms with E-state index in [1.54, 1.807) is 0 Å². The first kappa shape index (κ1) is 21.0. The molecule has 3 aromatic carbocycles. The second kappa shape index (κ2) is 8.33. The third-order valence-electron chi connectivity index (χ3n) is 7.34. The van der Waals surface area contributed by atoms with E-state index in [0.29, 0.717) is 17.8 Å². The molecule has 2 aliphatic rings. The molecule has 1 fully saturated rings. The van der Waals surface area contributed by atoms with Crippen LogP contribution in [-0.4, -0.2) is 27.4 Å². The van der Waals surface area contributed by atoms with Gasteiger partial charge in [0.2, 0.25) is 5.82 Å². The Hall–Kier alpha value is -3.57. The summed E-state index contributed by atoms with van der Waals surface area (Å²) in [5.74, 6) is 1.40. The van der Waals surface area contributed by atoms with Crippen molar-refractivity contribution >= 4 is 6.29 Å². The zero-order valence-corrected chi connectivity index (χ0v) is 19.5. The van der Waals surface area contributed by atoms with Crippen LogP contribution in [0, 0.1) is 19.8 Å². The lowest BCUT2D eigenvalue weighted by Gasteiger charge is -2.38. The Morgan fingerprint density at radius 2 is 1.62 bits per heavy atom. The van der Waals surface area contributed by atoms with Crippen LogP contribution in [0.2, 0.25) is 0 Å². The molecule has 0 saturated heterocycles. The van der Waals surface area contributed by atoms with Crippen molar-refractivity contribution in [2.45, 2.75) is 45.8 Å². The van der Waals surface area contributed by atoms with Crippen LogP contribution in [0.25, 0.3) is 34.0 Å². The second-order valence-corrected chi connectivity index (χ2v) is 9.68. The third-order valence-corrected chi connectivity index (χ3v) is 7.34. The van der Waals surface area contributed by atoms with Gasteiger partial charge >= 0.3 is 0 Å². The molecule has 6 rings (SSSR count). The Labute approximate surface area is 199 Å². The molecule has 0 spiro atoms. The van der Waals surface area contributed by atoms with E-state index in [4.69, 9.17) is 9.51 Å². The topological polar surface area (TPSA) is 59.2 Å². The van der Waals surface area contributed by atoms with Crippen LogP contribution in [0.5, 0.6) is 0 Å². The number of benzene rings is 3. The lowest BCUT2D eigenvalue weighted by molar-refractivity contribution is -0.115. The minimum absolute atomic E-state index is 0.246. The highest BCUT2D eigenvalue weighted by Gasteiger charge is 2.36. The Morgan fingerprint density at radius 1 is 0.882 bits per heavy atom. The Balaban J connectivity index is 1.24. The predicted molar refractivity (Wildman–Crippen MR) is 132 cm³/mol. The van der Waals surface area contributed by atoms with Crippen LogP contribution >= 0.6 is 0 Å². The van der Waals surface area contributed by atoms with Gasteiger partial charge in [-0.05, 0) is 78.3 Å². The van der Waals surface area contributed by atoms with Gasteiger partial charge in [0.25, 0.3) is 5.89 Å². The molecule has 34 heavy (non-hydrogen) atoms. The Bertz CT molecular complexity index is 1350. The van der Waals surface area contributed by atoms with Crippen molar-refractivity contribution in [2.24, 2.45) is 5.92 Å². The summed E-state index contributed by atoms with van der Waals surface area (Å²) < 4.78 is 5.69. The summed E-state index contributed by atoms with van der Waals surface area (Å²) in [5, 5.41) is 4.29. The largest absolute Gasteiger partial charge is 0.334 e. The summed E-state index contributed by atoms with van der Waals surface area (Å²) in [4.78, 5) is 18.2. The van der Waals surface area contributed by atoms with Crippen molar-refractivity contribution in [3.05, 3.63) is 82.9 Å². The fourth-order valence-corrected chi connectivity index (χ4v) is 5.46. The summed E-state index contributed by atoms with van der Waals surface area (Å²) in [6.45, 7) is 6.13. The summed E-state index contributed by atoms with van der Waals surface area (Å²) >= 11 is 0. The van der Waals surface area contributed by atoms with E-state index in [1.165, 1.54) is 33.4 Å². The molecule has 170 valence electrons. The van der Waals surface area contributed by atoms with Crippen molar-refractivity contribution in [3.63, 3.8) is 0 Å². The molecule has 5 heteroatoms. The van der Waals surface area contributed by atoms with Gasteiger partial charge < -0.3 is 9.32 Å². The summed E-state index contributed by atoms with van der Waals surface area (Å²) in [6.07, 6.45) is 3.07. The van der Waals surface area contributed by atoms with Crippen molar-refractivity contribution in [3.8, 4) is 34.0 Å². The van der Waals surface area contributed by atoms with Crippen LogP contribution in [0.15, 0.2) is 65.2 Å². The maximum absolute atomic E-state index is 10.9. The third kappa shape index (κ3) is 3.66. The average molecular weight is 450 g/mol. The highest BCUT2D eigenvalue weighted by molar-refractivity contribution is 5.75. The number of rotatable bonds is 5. The molecule has 0 bridgehead atoms. The number of aryl methyl sites for hydroxylation is 2. The van der Waals surface area contributed by atoms with Gasteiger partial charge in [0.05, 0.1) is 0 Å². The Kier molecular flexibility index (Phi) is 5.15. The minimum Gasteiger partial charge on any atom is -0.334 e. The van der Waals surface area contributed by atoms with Gasteiger partial charge in [0, 0.05) is 36.2 Å². The van der Waals surface area contributed by atoms with Crippen LogP contribution in [-0.2, 0) is 17.9 Å². The van der Waals surface area contributed by atoms with Gasteiger partial charge in [-0.25, -0.2) is 0 Å². The van der Waals surface area contributed by atoms with Crippen molar-refractivity contribution < 1.29 is 9.32 Å². The second-order valence-electron chi connectivity index (χ2n) is 9.68. The lowest BCUT2D eigenvalue weighted by atomic mass is 9.80. The van der Waals surface area contributed by atoms with Crippen LogP contribution in [0.4, 0.5) is 0 Å². The standard InChI is InChI=1S/C29H27N3O2/c1-18-10-24(11-19(2)27(18)21-6-4-3-5-7-21)29-30-28(31-34-29)22-8-9-23-15-32(16-25(23)14-22)26-12-20(13-26)17-33/h3-11,14,17,20,26H,12-13,15-16H2,1-2H3/t20-,26-. The number of nitrogens with zero attached hydrogens (tertiary/aromatic N) is 3. The number of hydrogen-bond donors (Lipinski definition) is 0. The van der Waals surface area contributed by atoms with Crippen molar-refractivity contribution in [1.82, 2.24) is 15.0 Å². The highest BCUT2D eigenvalue weighted by atomic mass is 16.5. The lowest BCUT2D eigenvalue weighted by Crippen LogP contribution is -2.42. The Morgan fingerprint density at radius 3 is 2.35 bits per heavy atom. The molecule has 1 saturated carbocycles. The fraction of sp³-hybridized carbons (Fsp3) is 0.276. The van der Waals surface area contributed by atoms with Gasteiger partial charge in [0.15, 0.2) is 0 Å². The van der Waals surface area contributed by atoms with Crippen LogP contribution in [0.3, 0.4) is 0 Å². The summed E-state index contributed by atoms with van der Waals surface area (Å²) in [6, 6.07) is 21.7. The summed E-state index contributed by atoms with van der Waals surface area (Å²) in [5.41, 5.74) is 9.42. The first-order valence-electron chi connectivity index (χ1n) is 11.9. The quantitative estimate of drug-likeness (QED) is 0.351. The first-order valence-corrected chi connectivity index (χ1v) is 11.9.